The lowest BCUT2D eigenvalue weighted by molar-refractivity contribution is 0.0425. The Hall–Kier alpha value is -0.340. The summed E-state index contributed by atoms with van der Waals surface area (Å²) in [5.74, 6) is 0.635. The summed E-state index contributed by atoms with van der Waals surface area (Å²) < 4.78 is 5.90. The van der Waals surface area contributed by atoms with Crippen LogP contribution in [0.4, 0.5) is 0 Å². The Morgan fingerprint density at radius 1 is 1.25 bits per heavy atom. The monoisotopic (exact) mass is 284 g/mol. The molecule has 0 saturated carbocycles. The summed E-state index contributed by atoms with van der Waals surface area (Å²) >= 11 is 3.54. The first-order chi connectivity index (χ1) is 7.77. The lowest BCUT2D eigenvalue weighted by Crippen LogP contribution is -2.13. The number of halogens is 1. The van der Waals surface area contributed by atoms with Gasteiger partial charge in [-0.05, 0) is 24.8 Å². The fourth-order valence-corrected chi connectivity index (χ4v) is 2.22. The fraction of sp³-hybridized carbons (Fsp3) is 0.571. The molecular weight excluding hydrogens is 264 g/mol. The van der Waals surface area contributed by atoms with Crippen molar-refractivity contribution >= 4 is 15.9 Å². The van der Waals surface area contributed by atoms with Crippen molar-refractivity contribution in [1.82, 2.24) is 0 Å². The Morgan fingerprint density at radius 3 is 2.50 bits per heavy atom. The molecule has 1 rings (SSSR count). The first kappa shape index (κ1) is 13.7. The predicted molar refractivity (Wildman–Crippen MR) is 73.0 cm³/mol. The van der Waals surface area contributed by atoms with E-state index in [2.05, 4.69) is 54.0 Å². The quantitative estimate of drug-likeness (QED) is 0.666. The van der Waals surface area contributed by atoms with E-state index in [1.807, 2.05) is 6.07 Å². The van der Waals surface area contributed by atoms with Crippen molar-refractivity contribution in [1.29, 1.82) is 0 Å². The zero-order chi connectivity index (χ0) is 11.8. The van der Waals surface area contributed by atoms with E-state index in [0.717, 1.165) is 11.9 Å². The van der Waals surface area contributed by atoms with Crippen LogP contribution in [0.15, 0.2) is 30.3 Å². The minimum Gasteiger partial charge on any atom is -0.374 e. The Bertz CT molecular complexity index is 273. The minimum absolute atomic E-state index is 0.194. The van der Waals surface area contributed by atoms with Gasteiger partial charge in [-0.25, -0.2) is 0 Å². The normalized spacial score (nSPS) is 14.7. The molecule has 0 fully saturated rings. The number of hydrogen-bond donors (Lipinski definition) is 0. The molecule has 0 radical (unpaired) electrons. The van der Waals surface area contributed by atoms with Crippen molar-refractivity contribution in [3.05, 3.63) is 35.9 Å². The van der Waals surface area contributed by atoms with Crippen LogP contribution in [0.25, 0.3) is 0 Å². The Labute approximate surface area is 107 Å². The van der Waals surface area contributed by atoms with Crippen LogP contribution in [0.1, 0.15) is 38.4 Å². The highest BCUT2D eigenvalue weighted by molar-refractivity contribution is 9.09. The van der Waals surface area contributed by atoms with Crippen LogP contribution in [0.5, 0.6) is 0 Å². The molecule has 0 amide bonds. The Balaban J connectivity index is 2.37. The number of ether oxygens (including phenoxy) is 1. The number of benzene rings is 1. The van der Waals surface area contributed by atoms with E-state index in [1.165, 1.54) is 18.4 Å². The molecule has 1 nitrogen and oxygen atoms in total. The van der Waals surface area contributed by atoms with Crippen LogP contribution in [-0.4, -0.2) is 11.9 Å². The summed E-state index contributed by atoms with van der Waals surface area (Å²) in [5.41, 5.74) is 1.26. The van der Waals surface area contributed by atoms with E-state index < -0.39 is 0 Å². The van der Waals surface area contributed by atoms with E-state index in [0.29, 0.717) is 5.92 Å². The molecule has 1 aromatic carbocycles. The standard InChI is InChI=1S/C14H21BrO/c1-3-7-13(10-15)11-16-12(2)14-8-5-4-6-9-14/h4-6,8-9,12-13H,3,7,10-11H2,1-2H3. The Morgan fingerprint density at radius 2 is 1.94 bits per heavy atom. The molecule has 0 aliphatic rings. The second-order valence-corrected chi connectivity index (χ2v) is 4.84. The summed E-state index contributed by atoms with van der Waals surface area (Å²) in [6, 6.07) is 10.4. The van der Waals surface area contributed by atoms with Gasteiger partial charge in [-0.1, -0.05) is 59.6 Å². The van der Waals surface area contributed by atoms with Crippen molar-refractivity contribution in [3.63, 3.8) is 0 Å². The van der Waals surface area contributed by atoms with Crippen LogP contribution < -0.4 is 0 Å². The van der Waals surface area contributed by atoms with Crippen LogP contribution in [0, 0.1) is 5.92 Å². The molecule has 2 unspecified atom stereocenters. The average Bonchev–Trinajstić information content (AvgIpc) is 2.35. The average molecular weight is 285 g/mol. The van der Waals surface area contributed by atoms with Crippen molar-refractivity contribution in [3.8, 4) is 0 Å². The third-order valence-electron chi connectivity index (χ3n) is 2.77. The lowest BCUT2D eigenvalue weighted by atomic mass is 10.1. The van der Waals surface area contributed by atoms with Gasteiger partial charge in [0.2, 0.25) is 0 Å². The molecule has 0 aliphatic carbocycles. The maximum Gasteiger partial charge on any atom is 0.0796 e. The van der Waals surface area contributed by atoms with Crippen LogP contribution >= 0.6 is 15.9 Å². The fourth-order valence-electron chi connectivity index (χ4n) is 1.71. The molecule has 0 bridgehead atoms. The molecule has 16 heavy (non-hydrogen) atoms. The van der Waals surface area contributed by atoms with Crippen LogP contribution in [-0.2, 0) is 4.74 Å². The summed E-state index contributed by atoms with van der Waals surface area (Å²) in [6.45, 7) is 5.18. The van der Waals surface area contributed by atoms with E-state index in [4.69, 9.17) is 4.74 Å². The largest absolute Gasteiger partial charge is 0.374 e. The van der Waals surface area contributed by atoms with Gasteiger partial charge in [0.25, 0.3) is 0 Å². The molecule has 0 aliphatic heterocycles. The van der Waals surface area contributed by atoms with Gasteiger partial charge in [-0.3, -0.25) is 0 Å². The number of hydrogen-bond acceptors (Lipinski definition) is 1. The highest BCUT2D eigenvalue weighted by Crippen LogP contribution is 2.19. The van der Waals surface area contributed by atoms with Gasteiger partial charge < -0.3 is 4.74 Å². The molecule has 0 aromatic heterocycles. The van der Waals surface area contributed by atoms with Gasteiger partial charge in [0, 0.05) is 5.33 Å². The molecule has 0 saturated heterocycles. The topological polar surface area (TPSA) is 9.23 Å². The highest BCUT2D eigenvalue weighted by atomic mass is 79.9. The molecule has 2 atom stereocenters. The van der Waals surface area contributed by atoms with Gasteiger partial charge in [0.1, 0.15) is 0 Å². The summed E-state index contributed by atoms with van der Waals surface area (Å²) in [4.78, 5) is 0. The van der Waals surface area contributed by atoms with E-state index in [9.17, 15) is 0 Å². The third-order valence-corrected chi connectivity index (χ3v) is 3.68. The summed E-state index contributed by atoms with van der Waals surface area (Å²) in [7, 11) is 0. The van der Waals surface area contributed by atoms with Crippen molar-refractivity contribution in [2.45, 2.75) is 32.8 Å². The molecule has 1 aromatic rings. The second kappa shape index (κ2) is 7.86. The number of alkyl halides is 1. The zero-order valence-electron chi connectivity index (χ0n) is 10.2. The number of rotatable bonds is 7. The van der Waals surface area contributed by atoms with E-state index in [1.54, 1.807) is 0 Å². The maximum absolute atomic E-state index is 5.90. The Kier molecular flexibility index (Phi) is 6.74. The van der Waals surface area contributed by atoms with Crippen LogP contribution in [0.2, 0.25) is 0 Å². The summed E-state index contributed by atoms with van der Waals surface area (Å²) in [6.07, 6.45) is 2.64. The maximum atomic E-state index is 5.90. The van der Waals surface area contributed by atoms with Crippen LogP contribution in [0.3, 0.4) is 0 Å². The van der Waals surface area contributed by atoms with Gasteiger partial charge in [0.15, 0.2) is 0 Å². The summed E-state index contributed by atoms with van der Waals surface area (Å²) in [5, 5.41) is 1.03. The SMILES string of the molecule is CCCC(CBr)COC(C)c1ccccc1. The van der Waals surface area contributed by atoms with Gasteiger partial charge in [0.05, 0.1) is 12.7 Å². The lowest BCUT2D eigenvalue weighted by Gasteiger charge is -2.18. The highest BCUT2D eigenvalue weighted by Gasteiger charge is 2.10. The molecular formula is C14H21BrO. The minimum atomic E-state index is 0.194. The predicted octanol–water partition coefficient (Wildman–Crippen LogP) is 4.58. The first-order valence-electron chi connectivity index (χ1n) is 6.00. The zero-order valence-corrected chi connectivity index (χ0v) is 11.7. The first-order valence-corrected chi connectivity index (χ1v) is 7.12. The molecule has 2 heteroatoms. The molecule has 0 heterocycles. The third kappa shape index (κ3) is 4.67. The van der Waals surface area contributed by atoms with Crippen molar-refractivity contribution in [2.24, 2.45) is 5.92 Å². The van der Waals surface area contributed by atoms with Gasteiger partial charge in [-0.15, -0.1) is 0 Å². The van der Waals surface area contributed by atoms with Gasteiger partial charge >= 0.3 is 0 Å². The smallest absolute Gasteiger partial charge is 0.0796 e. The van der Waals surface area contributed by atoms with Crippen molar-refractivity contribution in [2.75, 3.05) is 11.9 Å². The van der Waals surface area contributed by atoms with E-state index in [-0.39, 0.29) is 6.10 Å². The van der Waals surface area contributed by atoms with Crippen molar-refractivity contribution < 1.29 is 4.74 Å². The molecule has 90 valence electrons. The van der Waals surface area contributed by atoms with Gasteiger partial charge in [-0.2, -0.15) is 0 Å². The second-order valence-electron chi connectivity index (χ2n) is 4.20. The van der Waals surface area contributed by atoms with E-state index >= 15 is 0 Å². The molecule has 0 N–H and O–H groups in total. The molecule has 0 spiro atoms.